The molecule has 5 nitrogen and oxygen atoms in total. The molecular formula is C19H19BrFN3O2. The van der Waals surface area contributed by atoms with Crippen molar-refractivity contribution in [3.63, 3.8) is 0 Å². The van der Waals surface area contributed by atoms with Gasteiger partial charge in [-0.3, -0.25) is 9.59 Å². The lowest BCUT2D eigenvalue weighted by Gasteiger charge is -2.36. The minimum Gasteiger partial charge on any atom is -0.368 e. The van der Waals surface area contributed by atoms with Crippen LogP contribution in [0, 0.1) is 5.82 Å². The fourth-order valence-corrected chi connectivity index (χ4v) is 3.25. The molecule has 1 N–H and O–H groups in total. The minimum absolute atomic E-state index is 0.0823. The van der Waals surface area contributed by atoms with Crippen LogP contribution in [-0.4, -0.2) is 49.4 Å². The Balaban J connectivity index is 1.50. The summed E-state index contributed by atoms with van der Waals surface area (Å²) in [7, 11) is 0. The van der Waals surface area contributed by atoms with E-state index in [-0.39, 0.29) is 18.0 Å². The molecule has 1 saturated heterocycles. The summed E-state index contributed by atoms with van der Waals surface area (Å²) in [6.07, 6.45) is 0. The Bertz CT molecular complexity index is 793. The number of anilines is 1. The van der Waals surface area contributed by atoms with Gasteiger partial charge in [-0.15, -0.1) is 0 Å². The van der Waals surface area contributed by atoms with Crippen molar-refractivity contribution in [2.24, 2.45) is 0 Å². The summed E-state index contributed by atoms with van der Waals surface area (Å²) in [5.74, 6) is -1.38. The predicted octanol–water partition coefficient (Wildman–Crippen LogP) is 2.67. The molecule has 2 amide bonds. The topological polar surface area (TPSA) is 52.7 Å². The largest absolute Gasteiger partial charge is 0.368 e. The monoisotopic (exact) mass is 419 g/mol. The Morgan fingerprint density at radius 2 is 1.73 bits per heavy atom. The molecule has 26 heavy (non-hydrogen) atoms. The van der Waals surface area contributed by atoms with Gasteiger partial charge in [0.1, 0.15) is 5.82 Å². The van der Waals surface area contributed by atoms with Crippen LogP contribution in [0.25, 0.3) is 0 Å². The van der Waals surface area contributed by atoms with Crippen molar-refractivity contribution in [1.82, 2.24) is 10.2 Å². The van der Waals surface area contributed by atoms with Crippen molar-refractivity contribution >= 4 is 33.4 Å². The third kappa shape index (κ3) is 4.40. The lowest BCUT2D eigenvalue weighted by molar-refractivity contribution is -0.130. The number of nitrogens with one attached hydrogen (secondary N) is 1. The number of nitrogens with zero attached hydrogens (tertiary/aromatic N) is 2. The van der Waals surface area contributed by atoms with Gasteiger partial charge in [-0.2, -0.15) is 0 Å². The number of piperazine rings is 1. The normalized spacial score (nSPS) is 14.2. The van der Waals surface area contributed by atoms with Crippen molar-refractivity contribution in [3.8, 4) is 0 Å². The van der Waals surface area contributed by atoms with E-state index < -0.39 is 11.7 Å². The molecule has 3 rings (SSSR count). The quantitative estimate of drug-likeness (QED) is 0.828. The Labute approximate surface area is 159 Å². The lowest BCUT2D eigenvalue weighted by atomic mass is 10.2. The Morgan fingerprint density at radius 1 is 1.04 bits per heavy atom. The van der Waals surface area contributed by atoms with E-state index in [2.05, 4.69) is 26.1 Å². The van der Waals surface area contributed by atoms with Gasteiger partial charge in [-0.25, -0.2) is 4.39 Å². The van der Waals surface area contributed by atoms with Crippen LogP contribution in [-0.2, 0) is 4.79 Å². The van der Waals surface area contributed by atoms with E-state index >= 15 is 0 Å². The molecule has 1 heterocycles. The number of hydrogen-bond acceptors (Lipinski definition) is 3. The summed E-state index contributed by atoms with van der Waals surface area (Å²) in [6.45, 7) is 2.52. The number of hydrogen-bond donors (Lipinski definition) is 1. The Kier molecular flexibility index (Phi) is 5.88. The zero-order valence-electron chi connectivity index (χ0n) is 14.1. The molecule has 0 saturated carbocycles. The molecule has 0 aromatic heterocycles. The number of rotatable bonds is 4. The number of halogens is 2. The molecule has 0 aliphatic carbocycles. The second-order valence-electron chi connectivity index (χ2n) is 6.01. The van der Waals surface area contributed by atoms with Crippen molar-refractivity contribution in [2.45, 2.75) is 0 Å². The van der Waals surface area contributed by atoms with Crippen molar-refractivity contribution < 1.29 is 14.0 Å². The molecule has 1 fully saturated rings. The van der Waals surface area contributed by atoms with Crippen molar-refractivity contribution in [3.05, 3.63) is 64.4 Å². The predicted molar refractivity (Wildman–Crippen MR) is 102 cm³/mol. The summed E-state index contributed by atoms with van der Waals surface area (Å²) in [5, 5.41) is 2.50. The van der Waals surface area contributed by atoms with Gasteiger partial charge in [0.15, 0.2) is 0 Å². The number of carbonyl (C=O) groups excluding carboxylic acids is 2. The van der Waals surface area contributed by atoms with E-state index in [0.29, 0.717) is 17.6 Å². The third-order valence-corrected chi connectivity index (χ3v) is 4.82. The Hall–Kier alpha value is -2.41. The van der Waals surface area contributed by atoms with E-state index in [9.17, 15) is 14.0 Å². The Morgan fingerprint density at radius 3 is 2.42 bits per heavy atom. The molecule has 2 aromatic carbocycles. The molecule has 0 radical (unpaired) electrons. The molecule has 7 heteroatoms. The van der Waals surface area contributed by atoms with Gasteiger partial charge < -0.3 is 15.1 Å². The molecule has 0 atom stereocenters. The van der Waals surface area contributed by atoms with Crippen LogP contribution in [0.5, 0.6) is 0 Å². The van der Waals surface area contributed by atoms with Crippen molar-refractivity contribution in [1.29, 1.82) is 0 Å². The van der Waals surface area contributed by atoms with Crippen LogP contribution in [0.1, 0.15) is 10.4 Å². The summed E-state index contributed by atoms with van der Waals surface area (Å²) in [4.78, 5) is 28.4. The van der Waals surface area contributed by atoms with Gasteiger partial charge in [0, 0.05) is 36.3 Å². The maximum Gasteiger partial charge on any atom is 0.254 e. The average Bonchev–Trinajstić information content (AvgIpc) is 2.68. The summed E-state index contributed by atoms with van der Waals surface area (Å²) in [5.41, 5.74) is 1.05. The number of carbonyl (C=O) groups is 2. The second-order valence-corrected chi connectivity index (χ2v) is 6.93. The first-order chi connectivity index (χ1) is 12.5. The lowest BCUT2D eigenvalue weighted by Crippen LogP contribution is -2.51. The van der Waals surface area contributed by atoms with Crippen LogP contribution in [0.2, 0.25) is 0 Å². The van der Waals surface area contributed by atoms with Gasteiger partial charge in [0.25, 0.3) is 5.91 Å². The highest BCUT2D eigenvalue weighted by Crippen LogP contribution is 2.16. The average molecular weight is 420 g/mol. The molecule has 136 valence electrons. The zero-order chi connectivity index (χ0) is 18.5. The molecule has 0 spiro atoms. The van der Waals surface area contributed by atoms with Crippen LogP contribution in [0.3, 0.4) is 0 Å². The van der Waals surface area contributed by atoms with Gasteiger partial charge in [-0.1, -0.05) is 34.1 Å². The first-order valence-electron chi connectivity index (χ1n) is 8.35. The SMILES string of the molecule is O=C(NCC(=O)N1CCN(c2ccccc2)CC1)c1cc(Br)ccc1F. The summed E-state index contributed by atoms with van der Waals surface area (Å²) in [6, 6.07) is 14.2. The second kappa shape index (κ2) is 8.31. The highest BCUT2D eigenvalue weighted by atomic mass is 79.9. The van der Waals surface area contributed by atoms with E-state index in [0.717, 1.165) is 18.8 Å². The molecular weight excluding hydrogens is 401 g/mol. The smallest absolute Gasteiger partial charge is 0.254 e. The van der Waals surface area contributed by atoms with Crippen LogP contribution < -0.4 is 10.2 Å². The van der Waals surface area contributed by atoms with Gasteiger partial charge >= 0.3 is 0 Å². The number of para-hydroxylation sites is 1. The van der Waals surface area contributed by atoms with E-state index in [1.165, 1.54) is 18.2 Å². The van der Waals surface area contributed by atoms with Crippen LogP contribution in [0.4, 0.5) is 10.1 Å². The fraction of sp³-hybridized carbons (Fsp3) is 0.263. The number of benzene rings is 2. The van der Waals surface area contributed by atoms with Crippen LogP contribution >= 0.6 is 15.9 Å². The van der Waals surface area contributed by atoms with Crippen molar-refractivity contribution in [2.75, 3.05) is 37.6 Å². The van der Waals surface area contributed by atoms with Gasteiger partial charge in [0.2, 0.25) is 5.91 Å². The molecule has 2 aromatic rings. The maximum atomic E-state index is 13.7. The maximum absolute atomic E-state index is 13.7. The highest BCUT2D eigenvalue weighted by molar-refractivity contribution is 9.10. The fourth-order valence-electron chi connectivity index (χ4n) is 2.89. The van der Waals surface area contributed by atoms with E-state index in [1.807, 2.05) is 30.3 Å². The molecule has 1 aliphatic rings. The minimum atomic E-state index is -0.616. The highest BCUT2D eigenvalue weighted by Gasteiger charge is 2.22. The zero-order valence-corrected chi connectivity index (χ0v) is 15.7. The molecule has 1 aliphatic heterocycles. The molecule has 0 unspecified atom stereocenters. The standard InChI is InChI=1S/C19H19BrFN3O2/c20-14-6-7-17(21)16(12-14)19(26)22-13-18(25)24-10-8-23(9-11-24)15-4-2-1-3-5-15/h1-7,12H,8-11,13H2,(H,22,26). The number of amides is 2. The third-order valence-electron chi connectivity index (χ3n) is 4.33. The van der Waals surface area contributed by atoms with Gasteiger partial charge in [-0.05, 0) is 30.3 Å². The first-order valence-corrected chi connectivity index (χ1v) is 9.15. The van der Waals surface area contributed by atoms with E-state index in [1.54, 1.807) is 4.90 Å². The summed E-state index contributed by atoms with van der Waals surface area (Å²) < 4.78 is 14.3. The first kappa shape index (κ1) is 18.4. The van der Waals surface area contributed by atoms with Gasteiger partial charge in [0.05, 0.1) is 12.1 Å². The molecule has 0 bridgehead atoms. The van der Waals surface area contributed by atoms with Crippen LogP contribution in [0.15, 0.2) is 53.0 Å². The summed E-state index contributed by atoms with van der Waals surface area (Å²) >= 11 is 3.21. The van der Waals surface area contributed by atoms with E-state index in [4.69, 9.17) is 0 Å².